The van der Waals surface area contributed by atoms with E-state index in [9.17, 15) is 19.8 Å². The second-order valence-corrected chi connectivity index (χ2v) is 7.66. The van der Waals surface area contributed by atoms with Crippen molar-refractivity contribution in [3.8, 4) is 16.9 Å². The van der Waals surface area contributed by atoms with Crippen molar-refractivity contribution < 1.29 is 35.0 Å². The highest BCUT2D eigenvalue weighted by molar-refractivity contribution is 5.81. The molecule has 0 aliphatic heterocycles. The molecule has 0 aromatic heterocycles. The maximum atomic E-state index is 12.4. The molecule has 1 amide bonds. The van der Waals surface area contributed by atoms with E-state index in [1.165, 1.54) is 6.07 Å². The van der Waals surface area contributed by atoms with Gasteiger partial charge in [0.1, 0.15) is 12.6 Å². The molecule has 3 aromatic rings. The molecule has 0 unspecified atom stereocenters. The molecule has 9 heteroatoms. The second-order valence-electron chi connectivity index (χ2n) is 7.66. The van der Waals surface area contributed by atoms with Crippen molar-refractivity contribution in [1.29, 1.82) is 0 Å². The van der Waals surface area contributed by atoms with E-state index >= 15 is 0 Å². The van der Waals surface area contributed by atoms with Gasteiger partial charge >= 0.3 is 12.1 Å². The summed E-state index contributed by atoms with van der Waals surface area (Å²) in [5, 5.41) is 41.4. The van der Waals surface area contributed by atoms with Crippen molar-refractivity contribution in [2.75, 3.05) is 11.8 Å². The molecule has 0 saturated heterocycles. The van der Waals surface area contributed by atoms with E-state index in [1.54, 1.807) is 0 Å². The van der Waals surface area contributed by atoms with Crippen LogP contribution >= 0.6 is 0 Å². The zero-order chi connectivity index (χ0) is 23.5. The number of amides is 1. The summed E-state index contributed by atoms with van der Waals surface area (Å²) in [5.41, 5.74) is 4.09. The number of alkyl carbamates (subject to hydrolysis) is 1. The smallest absolute Gasteiger partial charge is 0.407 e. The van der Waals surface area contributed by atoms with Crippen LogP contribution in [0, 0.1) is 0 Å². The van der Waals surface area contributed by atoms with Crippen molar-refractivity contribution >= 4 is 17.7 Å². The first kappa shape index (κ1) is 22.1. The highest BCUT2D eigenvalue weighted by Crippen LogP contribution is 2.44. The van der Waals surface area contributed by atoms with E-state index in [1.807, 2.05) is 48.5 Å². The van der Waals surface area contributed by atoms with Gasteiger partial charge in [0.05, 0.1) is 5.69 Å². The molecule has 1 aliphatic carbocycles. The van der Waals surface area contributed by atoms with Crippen molar-refractivity contribution in [1.82, 2.24) is 5.32 Å². The van der Waals surface area contributed by atoms with Crippen LogP contribution in [-0.2, 0) is 16.0 Å². The van der Waals surface area contributed by atoms with Gasteiger partial charge in [-0.05, 0) is 33.9 Å². The Morgan fingerprint density at radius 2 is 1.61 bits per heavy atom. The largest absolute Gasteiger partial charge is 0.871 e. The van der Waals surface area contributed by atoms with Gasteiger partial charge in [-0.3, -0.25) is 10.4 Å². The first-order valence-electron chi connectivity index (χ1n) is 10.2. The SMILES string of the molecule is O=C(N[C@@H](Cc1ccc([O-])c(N(O)O)c1)C(=O)O)OCC1c2ccccc2-c2ccccc21. The molecule has 1 aliphatic rings. The lowest BCUT2D eigenvalue weighted by atomic mass is 9.98. The monoisotopic (exact) mass is 449 g/mol. The summed E-state index contributed by atoms with van der Waals surface area (Å²) in [4.78, 5) is 24.1. The molecule has 33 heavy (non-hydrogen) atoms. The van der Waals surface area contributed by atoms with Gasteiger partial charge in [-0.25, -0.2) is 9.59 Å². The second kappa shape index (κ2) is 9.19. The number of hydrogen-bond acceptors (Lipinski definition) is 7. The summed E-state index contributed by atoms with van der Waals surface area (Å²) < 4.78 is 5.39. The van der Waals surface area contributed by atoms with E-state index in [0.717, 1.165) is 34.4 Å². The summed E-state index contributed by atoms with van der Waals surface area (Å²) in [6.45, 7) is 0.0329. The summed E-state index contributed by atoms with van der Waals surface area (Å²) in [6.07, 6.45) is -1.09. The van der Waals surface area contributed by atoms with Crippen LogP contribution in [0.25, 0.3) is 11.1 Å². The van der Waals surface area contributed by atoms with Crippen LogP contribution in [0.3, 0.4) is 0 Å². The van der Waals surface area contributed by atoms with Crippen LogP contribution in [0.5, 0.6) is 5.75 Å². The van der Waals surface area contributed by atoms with E-state index in [2.05, 4.69) is 5.32 Å². The van der Waals surface area contributed by atoms with Crippen LogP contribution in [0.1, 0.15) is 22.6 Å². The molecule has 170 valence electrons. The topological polar surface area (TPSA) is 142 Å². The highest BCUT2D eigenvalue weighted by atomic mass is 16.8. The Kier molecular flexibility index (Phi) is 6.16. The minimum absolute atomic E-state index is 0.0329. The summed E-state index contributed by atoms with van der Waals surface area (Å²) in [6, 6.07) is 17.9. The fourth-order valence-electron chi connectivity index (χ4n) is 4.06. The molecule has 4 N–H and O–H groups in total. The number of carboxylic acids is 1. The Balaban J connectivity index is 1.43. The first-order valence-corrected chi connectivity index (χ1v) is 10.2. The number of anilines is 1. The molecule has 0 fully saturated rings. The zero-order valence-electron chi connectivity index (χ0n) is 17.3. The lowest BCUT2D eigenvalue weighted by Gasteiger charge is -2.20. The molecule has 9 nitrogen and oxygen atoms in total. The quantitative estimate of drug-likeness (QED) is 0.403. The van der Waals surface area contributed by atoms with Crippen molar-refractivity contribution in [3.05, 3.63) is 83.4 Å². The number of benzene rings is 3. The molecule has 3 aromatic carbocycles. The maximum absolute atomic E-state index is 12.4. The number of rotatable bonds is 7. The minimum Gasteiger partial charge on any atom is -0.871 e. The number of aliphatic carboxylic acids is 1. The van der Waals surface area contributed by atoms with Crippen LogP contribution in [-0.4, -0.2) is 40.2 Å². The van der Waals surface area contributed by atoms with Gasteiger partial charge in [0, 0.05) is 12.3 Å². The van der Waals surface area contributed by atoms with Gasteiger partial charge in [0.25, 0.3) is 0 Å². The average Bonchev–Trinajstić information content (AvgIpc) is 3.12. The predicted molar refractivity (Wildman–Crippen MR) is 115 cm³/mol. The Morgan fingerprint density at radius 3 is 2.18 bits per heavy atom. The average molecular weight is 449 g/mol. The predicted octanol–water partition coefficient (Wildman–Crippen LogP) is 2.88. The molecular weight excluding hydrogens is 428 g/mol. The Morgan fingerprint density at radius 1 is 1.00 bits per heavy atom. The normalized spacial score (nSPS) is 13.0. The lowest BCUT2D eigenvalue weighted by molar-refractivity contribution is -0.268. The molecule has 0 heterocycles. The number of carboxylic acid groups (broad SMARTS) is 1. The van der Waals surface area contributed by atoms with E-state index in [0.29, 0.717) is 5.56 Å². The number of ether oxygens (including phenoxy) is 1. The van der Waals surface area contributed by atoms with Gasteiger partial charge in [-0.1, -0.05) is 66.4 Å². The molecule has 4 rings (SSSR count). The van der Waals surface area contributed by atoms with Crippen LogP contribution in [0.15, 0.2) is 66.7 Å². The third-order valence-electron chi connectivity index (χ3n) is 5.61. The summed E-state index contributed by atoms with van der Waals surface area (Å²) >= 11 is 0. The Labute approximate surface area is 189 Å². The van der Waals surface area contributed by atoms with Gasteiger partial charge < -0.3 is 20.3 Å². The van der Waals surface area contributed by atoms with Gasteiger partial charge in [-0.15, -0.1) is 5.23 Å². The highest BCUT2D eigenvalue weighted by Gasteiger charge is 2.29. The Hall–Kier alpha value is -4.08. The van der Waals surface area contributed by atoms with Crippen LogP contribution < -0.4 is 15.6 Å². The van der Waals surface area contributed by atoms with Gasteiger partial charge in [-0.2, -0.15) is 0 Å². The third-order valence-corrected chi connectivity index (χ3v) is 5.61. The maximum Gasteiger partial charge on any atom is 0.407 e. The fourth-order valence-corrected chi connectivity index (χ4v) is 4.06. The van der Waals surface area contributed by atoms with Crippen LogP contribution in [0.4, 0.5) is 10.5 Å². The Bertz CT molecular complexity index is 1150. The molecule has 0 saturated carbocycles. The minimum atomic E-state index is -1.35. The summed E-state index contributed by atoms with van der Waals surface area (Å²) in [5.74, 6) is -2.13. The molecule has 0 bridgehead atoms. The molecule has 0 spiro atoms. The molecular formula is C24H21N2O7-. The van der Waals surface area contributed by atoms with E-state index < -0.39 is 29.5 Å². The van der Waals surface area contributed by atoms with Gasteiger partial charge in [0.2, 0.25) is 0 Å². The number of carbonyl (C=O) groups excluding carboxylic acids is 1. The van der Waals surface area contributed by atoms with Crippen molar-refractivity contribution in [2.45, 2.75) is 18.4 Å². The third kappa shape index (κ3) is 4.59. The van der Waals surface area contributed by atoms with E-state index in [-0.39, 0.29) is 24.2 Å². The first-order chi connectivity index (χ1) is 15.8. The number of hydrogen-bond donors (Lipinski definition) is 4. The van der Waals surface area contributed by atoms with Crippen LogP contribution in [0.2, 0.25) is 0 Å². The van der Waals surface area contributed by atoms with E-state index in [4.69, 9.17) is 15.2 Å². The van der Waals surface area contributed by atoms with Crippen molar-refractivity contribution in [2.24, 2.45) is 0 Å². The number of carbonyl (C=O) groups is 2. The number of fused-ring (bicyclic) bond motifs is 3. The zero-order valence-corrected chi connectivity index (χ0v) is 17.3. The number of nitrogens with zero attached hydrogens (tertiary/aromatic N) is 1. The fraction of sp³-hybridized carbons (Fsp3) is 0.167. The van der Waals surface area contributed by atoms with Gasteiger partial charge in [0.15, 0.2) is 0 Å². The lowest BCUT2D eigenvalue weighted by Crippen LogP contribution is -2.43. The molecule has 1 atom stereocenters. The van der Waals surface area contributed by atoms with Crippen molar-refractivity contribution in [3.63, 3.8) is 0 Å². The standard InChI is InChI=1S/C24H22N2O7/c27-22-10-9-14(12-21(22)26(31)32)11-20(23(28)29)25-24(30)33-13-19-17-7-3-1-5-15(17)16-6-2-4-8-18(16)19/h1-10,12,19-20,27,31-32H,11,13H2,(H,25,30)(H,28,29)/p-1/t20-/m0/s1. The molecule has 0 radical (unpaired) electrons. The summed E-state index contributed by atoms with van der Waals surface area (Å²) in [7, 11) is 0. The number of nitrogens with one attached hydrogen (secondary N) is 1.